The van der Waals surface area contributed by atoms with Crippen LogP contribution in [0.1, 0.15) is 5.69 Å². The van der Waals surface area contributed by atoms with Gasteiger partial charge in [-0.05, 0) is 6.07 Å². The van der Waals surface area contributed by atoms with Crippen LogP contribution in [0, 0.1) is 0 Å². The quantitative estimate of drug-likeness (QED) is 0.806. The van der Waals surface area contributed by atoms with E-state index in [-0.39, 0.29) is 12.1 Å². The van der Waals surface area contributed by atoms with Crippen molar-refractivity contribution in [2.24, 2.45) is 0 Å². The summed E-state index contributed by atoms with van der Waals surface area (Å²) in [7, 11) is 0. The maximum absolute atomic E-state index is 12.0. The highest BCUT2D eigenvalue weighted by Crippen LogP contribution is 2.15. The van der Waals surface area contributed by atoms with Crippen molar-refractivity contribution in [2.75, 3.05) is 0 Å². The van der Waals surface area contributed by atoms with Crippen LogP contribution >= 0.6 is 0 Å². The van der Waals surface area contributed by atoms with Crippen LogP contribution in [0.3, 0.4) is 0 Å². The van der Waals surface area contributed by atoms with Gasteiger partial charge in [-0.1, -0.05) is 0 Å². The van der Waals surface area contributed by atoms with Crippen molar-refractivity contribution in [1.29, 1.82) is 0 Å². The molecule has 0 fully saturated rings. The summed E-state index contributed by atoms with van der Waals surface area (Å²) >= 11 is 0. The Morgan fingerprint density at radius 1 is 1.44 bits per heavy atom. The number of aromatic nitrogens is 2. The summed E-state index contributed by atoms with van der Waals surface area (Å²) < 4.78 is 35.9. The zero-order chi connectivity index (χ0) is 13.8. The Hall–Kier alpha value is -2.19. The van der Waals surface area contributed by atoms with Gasteiger partial charge in [0.25, 0.3) is 0 Å². The monoisotopic (exact) mass is 263 g/mol. The third kappa shape index (κ3) is 4.00. The first-order chi connectivity index (χ1) is 8.30. The number of hydrogen-bond donors (Lipinski definition) is 2. The Labute approximate surface area is 98.9 Å². The summed E-state index contributed by atoms with van der Waals surface area (Å²) in [6.07, 6.45) is -3.05. The Bertz CT molecular complexity index is 436. The van der Waals surface area contributed by atoms with Crippen LogP contribution in [0.4, 0.5) is 13.2 Å². The zero-order valence-corrected chi connectivity index (χ0v) is 8.81. The normalized spacial score (nSPS) is 12.8. The molecule has 18 heavy (non-hydrogen) atoms. The van der Waals surface area contributed by atoms with Crippen LogP contribution in [0.15, 0.2) is 18.6 Å². The molecular formula is C9H8F3N3O3. The molecule has 0 aliphatic rings. The molecule has 1 atom stereocenters. The molecule has 0 saturated carbocycles. The van der Waals surface area contributed by atoms with E-state index in [1.807, 2.05) is 0 Å². The van der Waals surface area contributed by atoms with Crippen LogP contribution in [-0.4, -0.2) is 39.2 Å². The summed E-state index contributed by atoms with van der Waals surface area (Å²) in [5.41, 5.74) is 0.208. The second kappa shape index (κ2) is 5.43. The van der Waals surface area contributed by atoms with E-state index in [1.54, 1.807) is 0 Å². The number of rotatable bonds is 4. The van der Waals surface area contributed by atoms with E-state index in [0.29, 0.717) is 0 Å². The lowest BCUT2D eigenvalue weighted by atomic mass is 10.1. The zero-order valence-electron chi connectivity index (χ0n) is 8.81. The number of alkyl halides is 3. The molecule has 98 valence electrons. The second-order valence-electron chi connectivity index (χ2n) is 3.27. The Morgan fingerprint density at radius 3 is 2.56 bits per heavy atom. The number of carboxylic acid groups (broad SMARTS) is 1. The smallest absolute Gasteiger partial charge is 0.471 e. The molecule has 6 nitrogen and oxygen atoms in total. The molecule has 2 N–H and O–H groups in total. The average molecular weight is 263 g/mol. The Morgan fingerprint density at radius 2 is 2.11 bits per heavy atom. The van der Waals surface area contributed by atoms with Crippen molar-refractivity contribution >= 4 is 11.9 Å². The second-order valence-corrected chi connectivity index (χ2v) is 3.27. The SMILES string of the molecule is O=C(O)[C@@H](Cc1ccncn1)NC(=O)C(F)(F)F. The van der Waals surface area contributed by atoms with Crippen LogP contribution in [-0.2, 0) is 16.0 Å². The van der Waals surface area contributed by atoms with Gasteiger partial charge in [-0.25, -0.2) is 14.8 Å². The van der Waals surface area contributed by atoms with Gasteiger partial charge in [0, 0.05) is 18.3 Å². The van der Waals surface area contributed by atoms with Gasteiger partial charge in [0.2, 0.25) is 0 Å². The predicted octanol–water partition coefficient (Wildman–Crippen LogP) is 0.151. The van der Waals surface area contributed by atoms with Crippen molar-refractivity contribution in [2.45, 2.75) is 18.6 Å². The van der Waals surface area contributed by atoms with Crippen LogP contribution in [0.2, 0.25) is 0 Å². The van der Waals surface area contributed by atoms with E-state index in [0.717, 1.165) is 6.33 Å². The highest BCUT2D eigenvalue weighted by molar-refractivity contribution is 5.87. The Balaban J connectivity index is 2.73. The number of amides is 1. The molecule has 0 radical (unpaired) electrons. The number of nitrogens with one attached hydrogen (secondary N) is 1. The van der Waals surface area contributed by atoms with Crippen LogP contribution < -0.4 is 5.32 Å². The molecule has 0 aliphatic heterocycles. The standard InChI is InChI=1S/C9H8F3N3O3/c10-9(11,12)8(18)15-6(7(16)17)3-5-1-2-13-4-14-5/h1-2,4,6H,3H2,(H,15,18)(H,16,17)/t6-/m1/s1. The topological polar surface area (TPSA) is 92.2 Å². The molecule has 0 aromatic carbocycles. The summed E-state index contributed by atoms with van der Waals surface area (Å²) in [6.45, 7) is 0. The number of hydrogen-bond acceptors (Lipinski definition) is 4. The summed E-state index contributed by atoms with van der Waals surface area (Å²) in [5.74, 6) is -3.88. The number of carbonyl (C=O) groups excluding carboxylic acids is 1. The third-order valence-corrected chi connectivity index (χ3v) is 1.92. The molecule has 9 heteroatoms. The molecular weight excluding hydrogens is 255 g/mol. The molecule has 1 amide bonds. The minimum Gasteiger partial charge on any atom is -0.480 e. The maximum Gasteiger partial charge on any atom is 0.471 e. The van der Waals surface area contributed by atoms with E-state index in [2.05, 4.69) is 9.97 Å². The number of carbonyl (C=O) groups is 2. The van der Waals surface area contributed by atoms with Gasteiger partial charge in [-0.3, -0.25) is 4.79 Å². The van der Waals surface area contributed by atoms with Gasteiger partial charge in [-0.2, -0.15) is 13.2 Å². The minimum atomic E-state index is -5.13. The van der Waals surface area contributed by atoms with E-state index in [1.165, 1.54) is 17.6 Å². The first-order valence-electron chi connectivity index (χ1n) is 4.66. The molecule has 1 aromatic heterocycles. The molecule has 0 aliphatic carbocycles. The fourth-order valence-electron chi connectivity index (χ4n) is 1.09. The average Bonchev–Trinajstić information content (AvgIpc) is 2.28. The van der Waals surface area contributed by atoms with Crippen molar-refractivity contribution in [3.05, 3.63) is 24.3 Å². The van der Waals surface area contributed by atoms with E-state index in [9.17, 15) is 22.8 Å². The molecule has 0 saturated heterocycles. The fraction of sp³-hybridized carbons (Fsp3) is 0.333. The molecule has 1 heterocycles. The van der Waals surface area contributed by atoms with Crippen molar-refractivity contribution in [3.63, 3.8) is 0 Å². The van der Waals surface area contributed by atoms with Gasteiger partial charge in [0.15, 0.2) is 0 Å². The Kier molecular flexibility index (Phi) is 4.18. The van der Waals surface area contributed by atoms with E-state index in [4.69, 9.17) is 5.11 Å². The lowest BCUT2D eigenvalue weighted by Crippen LogP contribution is -2.48. The highest BCUT2D eigenvalue weighted by Gasteiger charge is 2.40. The molecule has 1 aromatic rings. The first-order valence-corrected chi connectivity index (χ1v) is 4.66. The van der Waals surface area contributed by atoms with E-state index < -0.39 is 24.1 Å². The number of aliphatic carboxylic acids is 1. The summed E-state index contributed by atoms with van der Waals surface area (Å²) in [5, 5.41) is 10.1. The van der Waals surface area contributed by atoms with Crippen molar-refractivity contribution in [3.8, 4) is 0 Å². The van der Waals surface area contributed by atoms with Crippen LogP contribution in [0.25, 0.3) is 0 Å². The predicted molar refractivity (Wildman–Crippen MR) is 51.4 cm³/mol. The molecule has 0 bridgehead atoms. The minimum absolute atomic E-state index is 0.208. The molecule has 0 spiro atoms. The lowest BCUT2D eigenvalue weighted by molar-refractivity contribution is -0.175. The summed E-state index contributed by atoms with van der Waals surface area (Å²) in [6, 6.07) is -0.357. The number of carboxylic acids is 1. The van der Waals surface area contributed by atoms with Crippen LogP contribution in [0.5, 0.6) is 0 Å². The molecule has 1 rings (SSSR count). The van der Waals surface area contributed by atoms with Gasteiger partial charge in [-0.15, -0.1) is 0 Å². The summed E-state index contributed by atoms with van der Waals surface area (Å²) in [4.78, 5) is 28.6. The van der Waals surface area contributed by atoms with Gasteiger partial charge in [0.1, 0.15) is 12.4 Å². The highest BCUT2D eigenvalue weighted by atomic mass is 19.4. The third-order valence-electron chi connectivity index (χ3n) is 1.92. The van der Waals surface area contributed by atoms with Gasteiger partial charge >= 0.3 is 18.1 Å². The van der Waals surface area contributed by atoms with Crippen molar-refractivity contribution < 1.29 is 27.9 Å². The molecule has 0 unspecified atom stereocenters. The number of nitrogens with zero attached hydrogens (tertiary/aromatic N) is 2. The largest absolute Gasteiger partial charge is 0.480 e. The van der Waals surface area contributed by atoms with Gasteiger partial charge < -0.3 is 10.4 Å². The maximum atomic E-state index is 12.0. The van der Waals surface area contributed by atoms with Gasteiger partial charge in [0.05, 0.1) is 0 Å². The van der Waals surface area contributed by atoms with E-state index >= 15 is 0 Å². The first kappa shape index (κ1) is 13.9. The number of halogens is 3. The van der Waals surface area contributed by atoms with Crippen molar-refractivity contribution in [1.82, 2.24) is 15.3 Å². The lowest BCUT2D eigenvalue weighted by Gasteiger charge is -2.15. The fourth-order valence-corrected chi connectivity index (χ4v) is 1.09.